The molecule has 1 aliphatic rings. The number of carbonyl (C=O) groups excluding carboxylic acids is 1. The Balaban J connectivity index is 2.64. The van der Waals surface area contributed by atoms with Gasteiger partial charge in [0.05, 0.1) is 0 Å². The van der Waals surface area contributed by atoms with Gasteiger partial charge in [-0.3, -0.25) is 4.79 Å². The Morgan fingerprint density at radius 2 is 2.00 bits per heavy atom. The summed E-state index contributed by atoms with van der Waals surface area (Å²) in [5.74, 6) is 0.843. The molecule has 0 aromatic rings. The van der Waals surface area contributed by atoms with E-state index in [-0.39, 0.29) is 12.1 Å². The molecule has 3 atom stereocenters. The Hall–Kier alpha value is -0.790. The van der Waals surface area contributed by atoms with Crippen molar-refractivity contribution in [2.24, 2.45) is 17.3 Å². The molecule has 0 aromatic heterocycles. The first kappa shape index (κ1) is 13.3. The summed E-state index contributed by atoms with van der Waals surface area (Å²) < 4.78 is 5.35. The summed E-state index contributed by atoms with van der Waals surface area (Å²) in [7, 11) is 0. The molecule has 0 bridgehead atoms. The van der Waals surface area contributed by atoms with Crippen LogP contribution in [0.25, 0.3) is 0 Å². The molecule has 0 aliphatic heterocycles. The Morgan fingerprint density at radius 3 is 2.44 bits per heavy atom. The van der Waals surface area contributed by atoms with Gasteiger partial charge in [-0.1, -0.05) is 26.8 Å². The van der Waals surface area contributed by atoms with Gasteiger partial charge in [0.15, 0.2) is 0 Å². The predicted octanol–water partition coefficient (Wildman–Crippen LogP) is 3.57. The minimum atomic E-state index is -0.175. The minimum absolute atomic E-state index is 0.0496. The van der Waals surface area contributed by atoms with Crippen LogP contribution in [0, 0.1) is 17.3 Å². The Kier molecular flexibility index (Phi) is 4.17. The Morgan fingerprint density at radius 1 is 1.38 bits per heavy atom. The zero-order valence-electron chi connectivity index (χ0n) is 11.0. The highest BCUT2D eigenvalue weighted by atomic mass is 16.5. The zero-order valence-corrected chi connectivity index (χ0v) is 11.0. The van der Waals surface area contributed by atoms with Crippen LogP contribution >= 0.6 is 0 Å². The highest BCUT2D eigenvalue weighted by molar-refractivity contribution is 5.66. The van der Waals surface area contributed by atoms with Gasteiger partial charge in [0.25, 0.3) is 0 Å². The van der Waals surface area contributed by atoms with Crippen molar-refractivity contribution < 1.29 is 9.53 Å². The lowest BCUT2D eigenvalue weighted by Gasteiger charge is -2.40. The number of carbonyl (C=O) groups is 1. The van der Waals surface area contributed by atoms with Crippen LogP contribution in [0.1, 0.15) is 47.0 Å². The second kappa shape index (κ2) is 5.03. The maximum atomic E-state index is 11.0. The molecule has 2 nitrogen and oxygen atoms in total. The quantitative estimate of drug-likeness (QED) is 0.529. The lowest BCUT2D eigenvalue weighted by Crippen LogP contribution is -2.36. The van der Waals surface area contributed by atoms with Crippen LogP contribution in [-0.4, -0.2) is 12.1 Å². The van der Waals surface area contributed by atoms with E-state index in [1.54, 1.807) is 0 Å². The van der Waals surface area contributed by atoms with E-state index >= 15 is 0 Å². The second-order valence-electron chi connectivity index (χ2n) is 5.92. The lowest BCUT2D eigenvalue weighted by atomic mass is 9.68. The highest BCUT2D eigenvalue weighted by Crippen LogP contribution is 2.41. The molecule has 0 aromatic carbocycles. The zero-order chi connectivity index (χ0) is 12.3. The van der Waals surface area contributed by atoms with Crippen molar-refractivity contribution in [1.82, 2.24) is 0 Å². The largest absolute Gasteiger partial charge is 0.462 e. The van der Waals surface area contributed by atoms with Crippen molar-refractivity contribution in [3.05, 3.63) is 12.7 Å². The van der Waals surface area contributed by atoms with Crippen molar-refractivity contribution in [2.45, 2.75) is 53.1 Å². The van der Waals surface area contributed by atoms with Gasteiger partial charge in [-0.05, 0) is 30.6 Å². The van der Waals surface area contributed by atoms with E-state index in [1.807, 2.05) is 6.08 Å². The summed E-state index contributed by atoms with van der Waals surface area (Å²) in [6.45, 7) is 12.2. The minimum Gasteiger partial charge on any atom is -0.462 e. The molecule has 0 radical (unpaired) electrons. The SMILES string of the molecule is C=C[C@H]1C[C@@H](C(C)(C)C)CC[C@H]1OC(C)=O. The van der Waals surface area contributed by atoms with Crippen molar-refractivity contribution in [2.75, 3.05) is 0 Å². The maximum Gasteiger partial charge on any atom is 0.302 e. The smallest absolute Gasteiger partial charge is 0.302 e. The summed E-state index contributed by atoms with van der Waals surface area (Å²) >= 11 is 0. The molecule has 0 heterocycles. The average molecular weight is 224 g/mol. The molecule has 0 saturated heterocycles. The van der Waals surface area contributed by atoms with E-state index < -0.39 is 0 Å². The van der Waals surface area contributed by atoms with Crippen molar-refractivity contribution in [1.29, 1.82) is 0 Å². The fourth-order valence-corrected chi connectivity index (χ4v) is 2.57. The van der Waals surface area contributed by atoms with Crippen LogP contribution < -0.4 is 0 Å². The second-order valence-corrected chi connectivity index (χ2v) is 5.92. The molecule has 1 saturated carbocycles. The van der Waals surface area contributed by atoms with E-state index in [2.05, 4.69) is 27.4 Å². The molecule has 0 amide bonds. The number of hydrogen-bond donors (Lipinski definition) is 0. The molecule has 16 heavy (non-hydrogen) atoms. The third-order valence-electron chi connectivity index (χ3n) is 3.68. The van der Waals surface area contributed by atoms with Crippen LogP contribution in [-0.2, 0) is 9.53 Å². The van der Waals surface area contributed by atoms with Gasteiger partial charge >= 0.3 is 5.97 Å². The molecule has 0 spiro atoms. The van der Waals surface area contributed by atoms with Crippen LogP contribution in [0.4, 0.5) is 0 Å². The van der Waals surface area contributed by atoms with Gasteiger partial charge in [0.2, 0.25) is 0 Å². The topological polar surface area (TPSA) is 26.3 Å². The van der Waals surface area contributed by atoms with Crippen molar-refractivity contribution in [3.63, 3.8) is 0 Å². The summed E-state index contributed by atoms with van der Waals surface area (Å²) in [6.07, 6.45) is 5.20. The molecule has 92 valence electrons. The molecule has 2 heteroatoms. The van der Waals surface area contributed by atoms with E-state index in [4.69, 9.17) is 4.74 Å². The summed E-state index contributed by atoms with van der Waals surface area (Å²) in [5.41, 5.74) is 0.336. The third-order valence-corrected chi connectivity index (χ3v) is 3.68. The van der Waals surface area contributed by atoms with Gasteiger partial charge in [-0.25, -0.2) is 0 Å². The fourth-order valence-electron chi connectivity index (χ4n) is 2.57. The van der Waals surface area contributed by atoms with Crippen LogP contribution in [0.5, 0.6) is 0 Å². The molecular formula is C14H24O2. The molecule has 1 rings (SSSR count). The van der Waals surface area contributed by atoms with Crippen LogP contribution in [0.3, 0.4) is 0 Å². The van der Waals surface area contributed by atoms with E-state index in [0.717, 1.165) is 19.3 Å². The first-order valence-electron chi connectivity index (χ1n) is 6.14. The summed E-state index contributed by atoms with van der Waals surface area (Å²) in [4.78, 5) is 11.0. The predicted molar refractivity (Wildman–Crippen MR) is 66.0 cm³/mol. The Bertz CT molecular complexity index is 262. The fraction of sp³-hybridized carbons (Fsp3) is 0.786. The maximum absolute atomic E-state index is 11.0. The number of rotatable bonds is 2. The van der Waals surface area contributed by atoms with Crippen LogP contribution in [0.2, 0.25) is 0 Å². The third kappa shape index (κ3) is 3.36. The van der Waals surface area contributed by atoms with Gasteiger partial charge < -0.3 is 4.74 Å². The highest BCUT2D eigenvalue weighted by Gasteiger charge is 2.35. The average Bonchev–Trinajstić information content (AvgIpc) is 2.15. The van der Waals surface area contributed by atoms with Gasteiger partial charge in [0, 0.05) is 12.8 Å². The molecule has 0 N–H and O–H groups in total. The van der Waals surface area contributed by atoms with E-state index in [9.17, 15) is 4.79 Å². The van der Waals surface area contributed by atoms with E-state index in [1.165, 1.54) is 6.92 Å². The molecule has 1 aliphatic carbocycles. The van der Waals surface area contributed by atoms with Gasteiger partial charge in [0.1, 0.15) is 6.10 Å². The normalized spacial score (nSPS) is 30.9. The van der Waals surface area contributed by atoms with Gasteiger partial charge in [-0.15, -0.1) is 6.58 Å². The monoisotopic (exact) mass is 224 g/mol. The first-order chi connectivity index (χ1) is 7.34. The summed E-state index contributed by atoms with van der Waals surface area (Å²) in [5, 5.41) is 0. The number of esters is 1. The standard InChI is InChI=1S/C14H24O2/c1-6-11-9-12(14(3,4)5)7-8-13(11)16-10(2)15/h6,11-13H,1,7-9H2,2-5H3/t11-,12-,13+/m0/s1. The molecule has 0 unspecified atom stereocenters. The first-order valence-corrected chi connectivity index (χ1v) is 6.14. The van der Waals surface area contributed by atoms with E-state index in [0.29, 0.717) is 17.3 Å². The van der Waals surface area contributed by atoms with Crippen LogP contribution in [0.15, 0.2) is 12.7 Å². The molecule has 1 fully saturated rings. The summed E-state index contributed by atoms with van der Waals surface area (Å²) in [6, 6.07) is 0. The lowest BCUT2D eigenvalue weighted by molar-refractivity contribution is -0.150. The van der Waals surface area contributed by atoms with Crippen molar-refractivity contribution >= 4 is 5.97 Å². The molecular weight excluding hydrogens is 200 g/mol. The number of hydrogen-bond acceptors (Lipinski definition) is 2. The van der Waals surface area contributed by atoms with Gasteiger partial charge in [-0.2, -0.15) is 0 Å². The Labute approximate surface area is 99.1 Å². The number of ether oxygens (including phenoxy) is 1. The van der Waals surface area contributed by atoms with Crippen molar-refractivity contribution in [3.8, 4) is 0 Å².